The maximum absolute atomic E-state index is 13.7. The normalized spacial score (nSPS) is 43.2. The molecule has 5 aliphatic rings. The van der Waals surface area contributed by atoms with Gasteiger partial charge in [0.15, 0.2) is 0 Å². The van der Waals surface area contributed by atoms with Crippen LogP contribution < -0.4 is 0 Å². The largest absolute Gasteiger partial charge is 0.385 e. The molecule has 0 radical (unpaired) electrons. The second-order valence-electron chi connectivity index (χ2n) is 15.2. The lowest BCUT2D eigenvalue weighted by molar-refractivity contribution is -0.142. The van der Waals surface area contributed by atoms with Crippen molar-refractivity contribution in [1.29, 1.82) is 0 Å². The van der Waals surface area contributed by atoms with Gasteiger partial charge < -0.3 is 24.0 Å². The predicted molar refractivity (Wildman–Crippen MR) is 165 cm³/mol. The van der Waals surface area contributed by atoms with E-state index in [1.54, 1.807) is 7.11 Å². The summed E-state index contributed by atoms with van der Waals surface area (Å²) in [5.41, 5.74) is -0.0686. The van der Waals surface area contributed by atoms with Crippen LogP contribution in [0.1, 0.15) is 98.8 Å². The SMILES string of the molecule is CCCCC1CC(C2C3C=C(C(C)C)C2(C=O)C(C=O)([C@@H]2CC[C@@H](C)C2C)C3)OC1CN1CCC(CCOC)CC1. The highest BCUT2D eigenvalue weighted by Crippen LogP contribution is 2.73. The van der Waals surface area contributed by atoms with Gasteiger partial charge in [-0.1, -0.05) is 65.5 Å². The highest BCUT2D eigenvalue weighted by molar-refractivity contribution is 5.81. The molecular formula is C36H59NO4. The molecule has 232 valence electrons. The van der Waals surface area contributed by atoms with Gasteiger partial charge in [-0.2, -0.15) is 0 Å². The molecular weight excluding hydrogens is 510 g/mol. The molecule has 8 unspecified atom stereocenters. The van der Waals surface area contributed by atoms with Crippen molar-refractivity contribution in [2.24, 2.45) is 58.2 Å². The van der Waals surface area contributed by atoms with Crippen molar-refractivity contribution in [3.05, 3.63) is 11.6 Å². The number of ether oxygens (including phenoxy) is 2. The van der Waals surface area contributed by atoms with Crippen LogP contribution >= 0.6 is 0 Å². The van der Waals surface area contributed by atoms with Gasteiger partial charge in [0.1, 0.15) is 12.6 Å². The number of aldehydes is 2. The van der Waals surface area contributed by atoms with E-state index >= 15 is 0 Å². The minimum Gasteiger partial charge on any atom is -0.385 e. The van der Waals surface area contributed by atoms with Gasteiger partial charge in [-0.3, -0.25) is 0 Å². The molecule has 4 fully saturated rings. The molecule has 5 heteroatoms. The third-order valence-corrected chi connectivity index (χ3v) is 13.0. The quantitative estimate of drug-likeness (QED) is 0.177. The van der Waals surface area contributed by atoms with Gasteiger partial charge in [-0.05, 0) is 99.5 Å². The zero-order valence-corrected chi connectivity index (χ0v) is 27.0. The fraction of sp³-hybridized carbons (Fsp3) is 0.889. The molecule has 2 heterocycles. The van der Waals surface area contributed by atoms with Gasteiger partial charge >= 0.3 is 0 Å². The van der Waals surface area contributed by atoms with E-state index < -0.39 is 10.8 Å². The Morgan fingerprint density at radius 3 is 2.44 bits per heavy atom. The van der Waals surface area contributed by atoms with Crippen molar-refractivity contribution in [2.45, 2.75) is 111 Å². The zero-order valence-electron chi connectivity index (χ0n) is 27.0. The first-order chi connectivity index (χ1) is 19.8. The van der Waals surface area contributed by atoms with Crippen LogP contribution in [0.15, 0.2) is 11.6 Å². The Morgan fingerprint density at radius 1 is 1.10 bits per heavy atom. The summed E-state index contributed by atoms with van der Waals surface area (Å²) in [7, 11) is 1.80. The third kappa shape index (κ3) is 5.33. The standard InChI is InChI=1S/C36H59NO4/c1-7-8-9-28-19-32(41-33(28)21-37-15-12-27(13-16-37)14-17-40-6)34-29-18-31(24(2)3)36(34,23-39)35(20-29,22-38)30-11-10-25(4)26(30)5/h18,22-30,32-34H,7-17,19-21H2,1-6H3/t25-,26?,28?,29?,30-,32?,33?,34?,35?,36?/m1/s1. The number of hydrogen-bond acceptors (Lipinski definition) is 5. The van der Waals surface area contributed by atoms with E-state index in [1.807, 2.05) is 0 Å². The molecule has 0 aromatic heterocycles. The second kappa shape index (κ2) is 12.9. The average Bonchev–Trinajstić information content (AvgIpc) is 3.70. The van der Waals surface area contributed by atoms with Crippen LogP contribution in [0.5, 0.6) is 0 Å². The van der Waals surface area contributed by atoms with Crippen LogP contribution in [0.2, 0.25) is 0 Å². The highest BCUT2D eigenvalue weighted by atomic mass is 16.5. The first kappa shape index (κ1) is 31.4. The Morgan fingerprint density at radius 2 is 1.85 bits per heavy atom. The topological polar surface area (TPSA) is 55.8 Å². The molecule has 0 N–H and O–H groups in total. The third-order valence-electron chi connectivity index (χ3n) is 13.0. The number of methoxy groups -OCH3 is 1. The summed E-state index contributed by atoms with van der Waals surface area (Å²) in [5.74, 6) is 3.28. The van der Waals surface area contributed by atoms with Gasteiger partial charge in [0.2, 0.25) is 0 Å². The summed E-state index contributed by atoms with van der Waals surface area (Å²) in [4.78, 5) is 29.7. The Bertz CT molecular complexity index is 940. The molecule has 10 atom stereocenters. The number of carbonyl (C=O) groups is 2. The Hall–Kier alpha value is -1.04. The molecule has 5 nitrogen and oxygen atoms in total. The zero-order chi connectivity index (χ0) is 29.4. The van der Waals surface area contributed by atoms with Crippen LogP contribution in [0.25, 0.3) is 0 Å². The van der Waals surface area contributed by atoms with Crippen molar-refractivity contribution in [3.8, 4) is 0 Å². The minimum absolute atomic E-state index is 0.0553. The fourth-order valence-corrected chi connectivity index (χ4v) is 10.6. The first-order valence-corrected chi connectivity index (χ1v) is 17.3. The van der Waals surface area contributed by atoms with Gasteiger partial charge in [0.05, 0.1) is 17.6 Å². The maximum atomic E-state index is 13.7. The number of nitrogens with zero attached hydrogens (tertiary/aromatic N) is 1. The molecule has 0 aromatic rings. The van der Waals surface area contributed by atoms with Gasteiger partial charge in [-0.25, -0.2) is 0 Å². The molecule has 2 saturated heterocycles. The molecule has 0 aromatic carbocycles. The molecule has 0 amide bonds. The van der Waals surface area contributed by atoms with Gasteiger partial charge in [0.25, 0.3) is 0 Å². The van der Waals surface area contributed by atoms with E-state index in [9.17, 15) is 9.59 Å². The van der Waals surface area contributed by atoms with E-state index in [1.165, 1.54) is 56.7 Å². The number of piperidine rings is 1. The van der Waals surface area contributed by atoms with Gasteiger partial charge in [0, 0.05) is 31.6 Å². The van der Waals surface area contributed by atoms with Crippen LogP contribution in [0, 0.1) is 58.2 Å². The summed E-state index contributed by atoms with van der Waals surface area (Å²) in [6.45, 7) is 15.6. The van der Waals surface area contributed by atoms with E-state index in [0.29, 0.717) is 17.8 Å². The van der Waals surface area contributed by atoms with Crippen LogP contribution in [0.4, 0.5) is 0 Å². The number of fused-ring (bicyclic) bond motifs is 2. The molecule has 5 rings (SSSR count). The lowest BCUT2D eigenvalue weighted by Gasteiger charge is -2.49. The van der Waals surface area contributed by atoms with E-state index in [-0.39, 0.29) is 35.9 Å². The maximum Gasteiger partial charge on any atom is 0.131 e. The summed E-state index contributed by atoms with van der Waals surface area (Å²) in [6, 6.07) is 0. The number of carbonyl (C=O) groups excluding carboxylic acids is 2. The number of unbranched alkanes of at least 4 members (excludes halogenated alkanes) is 1. The van der Waals surface area contributed by atoms with Crippen LogP contribution in [-0.2, 0) is 19.1 Å². The molecule has 2 saturated carbocycles. The average molecular weight is 570 g/mol. The minimum atomic E-state index is -0.717. The summed E-state index contributed by atoms with van der Waals surface area (Å²) >= 11 is 0. The lowest BCUT2D eigenvalue weighted by Crippen LogP contribution is -2.53. The monoisotopic (exact) mass is 569 g/mol. The summed E-state index contributed by atoms with van der Waals surface area (Å²) < 4.78 is 12.5. The van der Waals surface area contributed by atoms with Crippen molar-refractivity contribution >= 4 is 12.6 Å². The lowest BCUT2D eigenvalue weighted by atomic mass is 9.51. The fourth-order valence-electron chi connectivity index (χ4n) is 10.6. The van der Waals surface area contributed by atoms with Crippen molar-refractivity contribution in [1.82, 2.24) is 4.90 Å². The summed E-state index contributed by atoms with van der Waals surface area (Å²) in [6.07, 6.45) is 16.7. The van der Waals surface area contributed by atoms with Crippen LogP contribution in [-0.4, -0.2) is 63.0 Å². The van der Waals surface area contributed by atoms with E-state index in [0.717, 1.165) is 57.8 Å². The van der Waals surface area contributed by atoms with E-state index in [2.05, 4.69) is 45.6 Å². The Kier molecular flexibility index (Phi) is 9.88. The Labute approximate surface area is 250 Å². The molecule has 2 bridgehead atoms. The Balaban J connectivity index is 1.39. The van der Waals surface area contributed by atoms with E-state index in [4.69, 9.17) is 9.47 Å². The smallest absolute Gasteiger partial charge is 0.131 e. The van der Waals surface area contributed by atoms with Crippen molar-refractivity contribution in [2.75, 3.05) is 33.4 Å². The number of allylic oxidation sites excluding steroid dienone is 2. The van der Waals surface area contributed by atoms with Crippen molar-refractivity contribution < 1.29 is 19.1 Å². The summed E-state index contributed by atoms with van der Waals surface area (Å²) in [5, 5.41) is 0. The highest BCUT2D eigenvalue weighted by Gasteiger charge is 2.73. The van der Waals surface area contributed by atoms with Gasteiger partial charge in [-0.15, -0.1) is 0 Å². The number of rotatable bonds is 13. The molecule has 2 aliphatic heterocycles. The number of hydrogen-bond donors (Lipinski definition) is 0. The first-order valence-electron chi connectivity index (χ1n) is 17.3. The second-order valence-corrected chi connectivity index (χ2v) is 15.2. The van der Waals surface area contributed by atoms with Crippen LogP contribution in [0.3, 0.4) is 0 Å². The number of likely N-dealkylation sites (tertiary alicyclic amines) is 1. The molecule has 0 spiro atoms. The predicted octanol–water partition coefficient (Wildman–Crippen LogP) is 6.98. The molecule has 3 aliphatic carbocycles. The molecule has 41 heavy (non-hydrogen) atoms. The van der Waals surface area contributed by atoms with Crippen molar-refractivity contribution in [3.63, 3.8) is 0 Å².